The van der Waals surface area contributed by atoms with Crippen molar-refractivity contribution in [1.82, 2.24) is 0 Å². The van der Waals surface area contributed by atoms with E-state index in [1.165, 1.54) is 0 Å². The second kappa shape index (κ2) is 6.52. The minimum atomic E-state index is -0.0802. The Kier molecular flexibility index (Phi) is 4.74. The molecule has 1 unspecified atom stereocenters. The maximum absolute atomic E-state index is 11.9. The lowest BCUT2D eigenvalue weighted by Gasteiger charge is -2.11. The molecule has 1 atom stereocenters. The van der Waals surface area contributed by atoms with E-state index in [9.17, 15) is 9.59 Å². The highest BCUT2D eigenvalue weighted by Gasteiger charge is 2.29. The zero-order chi connectivity index (χ0) is 14.5. The average Bonchev–Trinajstić information content (AvgIpc) is 3.23. The van der Waals surface area contributed by atoms with Crippen LogP contribution in [0.2, 0.25) is 0 Å². The Hall–Kier alpha value is -1.88. The van der Waals surface area contributed by atoms with Gasteiger partial charge < -0.3 is 16.4 Å². The van der Waals surface area contributed by atoms with E-state index in [2.05, 4.69) is 10.6 Å². The van der Waals surface area contributed by atoms with Gasteiger partial charge in [0.25, 0.3) is 0 Å². The summed E-state index contributed by atoms with van der Waals surface area (Å²) in [6.45, 7) is 1.79. The first-order chi connectivity index (χ1) is 9.58. The summed E-state index contributed by atoms with van der Waals surface area (Å²) < 4.78 is 0. The molecule has 5 nitrogen and oxygen atoms in total. The number of nitrogens with two attached hydrogens (primary N) is 1. The third-order valence-corrected chi connectivity index (χ3v) is 3.40. The Morgan fingerprint density at radius 3 is 2.40 bits per heavy atom. The molecule has 4 N–H and O–H groups in total. The largest absolute Gasteiger partial charge is 0.327 e. The zero-order valence-electron chi connectivity index (χ0n) is 11.7. The van der Waals surface area contributed by atoms with E-state index < -0.39 is 0 Å². The van der Waals surface area contributed by atoms with Crippen LogP contribution in [0.4, 0.5) is 11.4 Å². The van der Waals surface area contributed by atoms with Crippen LogP contribution >= 0.6 is 0 Å². The van der Waals surface area contributed by atoms with Gasteiger partial charge in [-0.05, 0) is 37.0 Å². The zero-order valence-corrected chi connectivity index (χ0v) is 11.7. The third kappa shape index (κ3) is 4.35. The predicted octanol–water partition coefficient (Wildman–Crippen LogP) is 2.10. The second-order valence-corrected chi connectivity index (χ2v) is 5.24. The summed E-state index contributed by atoms with van der Waals surface area (Å²) in [5.74, 6) is 0.378. The first kappa shape index (κ1) is 14.5. The standard InChI is InChI=1S/C15H21N3O2/c1-2-14(19)17-11-4-3-5-12(8-11)18-15(20)9-13(16)10-6-7-10/h3-5,8,10,13H,2,6-7,9,16H2,1H3,(H,17,19)(H,18,20). The van der Waals surface area contributed by atoms with Gasteiger partial charge in [-0.1, -0.05) is 13.0 Å². The number of anilines is 2. The van der Waals surface area contributed by atoms with Crippen molar-refractivity contribution >= 4 is 23.2 Å². The van der Waals surface area contributed by atoms with Crippen LogP contribution in [-0.4, -0.2) is 17.9 Å². The van der Waals surface area contributed by atoms with Gasteiger partial charge in [0.2, 0.25) is 11.8 Å². The molecule has 108 valence electrons. The molecule has 0 aliphatic heterocycles. The monoisotopic (exact) mass is 275 g/mol. The van der Waals surface area contributed by atoms with Crippen molar-refractivity contribution < 1.29 is 9.59 Å². The third-order valence-electron chi connectivity index (χ3n) is 3.40. The summed E-state index contributed by atoms with van der Waals surface area (Å²) in [5.41, 5.74) is 7.28. The fourth-order valence-electron chi connectivity index (χ4n) is 2.04. The lowest BCUT2D eigenvalue weighted by molar-refractivity contribution is -0.117. The number of nitrogens with one attached hydrogen (secondary N) is 2. The highest BCUT2D eigenvalue weighted by Crippen LogP contribution is 2.32. The van der Waals surface area contributed by atoms with Crippen LogP contribution in [-0.2, 0) is 9.59 Å². The number of carbonyl (C=O) groups excluding carboxylic acids is 2. The van der Waals surface area contributed by atoms with Crippen molar-refractivity contribution in [3.05, 3.63) is 24.3 Å². The maximum Gasteiger partial charge on any atom is 0.225 e. The molecule has 0 saturated heterocycles. The van der Waals surface area contributed by atoms with Gasteiger partial charge in [0, 0.05) is 30.3 Å². The highest BCUT2D eigenvalue weighted by atomic mass is 16.2. The van der Waals surface area contributed by atoms with Crippen molar-refractivity contribution in [2.75, 3.05) is 10.6 Å². The molecule has 0 spiro atoms. The molecule has 1 saturated carbocycles. The number of rotatable bonds is 6. The Labute approximate surface area is 118 Å². The van der Waals surface area contributed by atoms with Gasteiger partial charge in [0.05, 0.1) is 0 Å². The fraction of sp³-hybridized carbons (Fsp3) is 0.467. The highest BCUT2D eigenvalue weighted by molar-refractivity contribution is 5.94. The summed E-state index contributed by atoms with van der Waals surface area (Å²) in [7, 11) is 0. The van der Waals surface area contributed by atoms with Crippen molar-refractivity contribution in [2.45, 2.75) is 38.6 Å². The molecule has 1 aromatic carbocycles. The van der Waals surface area contributed by atoms with E-state index in [-0.39, 0.29) is 17.9 Å². The maximum atomic E-state index is 11.9. The van der Waals surface area contributed by atoms with E-state index in [0.717, 1.165) is 12.8 Å². The molecule has 2 amide bonds. The van der Waals surface area contributed by atoms with E-state index >= 15 is 0 Å². The lowest BCUT2D eigenvalue weighted by atomic mass is 10.1. The Morgan fingerprint density at radius 1 is 1.25 bits per heavy atom. The molecule has 0 bridgehead atoms. The summed E-state index contributed by atoms with van der Waals surface area (Å²) >= 11 is 0. The first-order valence-electron chi connectivity index (χ1n) is 7.04. The van der Waals surface area contributed by atoms with Crippen LogP contribution in [0.5, 0.6) is 0 Å². The van der Waals surface area contributed by atoms with Crippen LogP contribution < -0.4 is 16.4 Å². The van der Waals surface area contributed by atoms with E-state index in [1.54, 1.807) is 31.2 Å². The number of amides is 2. The van der Waals surface area contributed by atoms with Crippen LogP contribution in [0.1, 0.15) is 32.6 Å². The van der Waals surface area contributed by atoms with Crippen molar-refractivity contribution in [3.8, 4) is 0 Å². The lowest BCUT2D eigenvalue weighted by Crippen LogP contribution is -2.28. The number of benzene rings is 1. The first-order valence-corrected chi connectivity index (χ1v) is 7.04. The predicted molar refractivity (Wildman–Crippen MR) is 79.3 cm³/mol. The van der Waals surface area contributed by atoms with Gasteiger partial charge >= 0.3 is 0 Å². The van der Waals surface area contributed by atoms with E-state index in [4.69, 9.17) is 5.73 Å². The van der Waals surface area contributed by atoms with E-state index in [1.807, 2.05) is 0 Å². The van der Waals surface area contributed by atoms with Crippen molar-refractivity contribution in [3.63, 3.8) is 0 Å². The summed E-state index contributed by atoms with van der Waals surface area (Å²) in [6.07, 6.45) is 3.03. The Balaban J connectivity index is 1.89. The quantitative estimate of drug-likeness (QED) is 0.743. The Bertz CT molecular complexity index is 498. The molecular formula is C15H21N3O2. The topological polar surface area (TPSA) is 84.2 Å². The fourth-order valence-corrected chi connectivity index (χ4v) is 2.04. The Morgan fingerprint density at radius 2 is 1.85 bits per heavy atom. The van der Waals surface area contributed by atoms with Crippen LogP contribution in [0.25, 0.3) is 0 Å². The molecule has 0 radical (unpaired) electrons. The molecule has 1 aromatic rings. The molecule has 0 heterocycles. The summed E-state index contributed by atoms with van der Waals surface area (Å²) in [4.78, 5) is 23.2. The molecule has 1 aliphatic rings. The van der Waals surface area contributed by atoms with Crippen molar-refractivity contribution in [2.24, 2.45) is 11.7 Å². The molecule has 2 rings (SSSR count). The van der Waals surface area contributed by atoms with Gasteiger partial charge in [0.15, 0.2) is 0 Å². The number of hydrogen-bond acceptors (Lipinski definition) is 3. The molecule has 20 heavy (non-hydrogen) atoms. The van der Waals surface area contributed by atoms with Crippen LogP contribution in [0, 0.1) is 5.92 Å². The molecule has 0 aromatic heterocycles. The van der Waals surface area contributed by atoms with Gasteiger partial charge in [-0.2, -0.15) is 0 Å². The molecule has 1 aliphatic carbocycles. The summed E-state index contributed by atoms with van der Waals surface area (Å²) in [6, 6.07) is 7.08. The molecule has 1 fully saturated rings. The molecular weight excluding hydrogens is 254 g/mol. The van der Waals surface area contributed by atoms with Crippen LogP contribution in [0.15, 0.2) is 24.3 Å². The minimum absolute atomic E-state index is 0.0435. The number of carbonyl (C=O) groups is 2. The van der Waals surface area contributed by atoms with E-state index in [0.29, 0.717) is 30.1 Å². The smallest absolute Gasteiger partial charge is 0.225 e. The normalized spacial score (nSPS) is 15.5. The summed E-state index contributed by atoms with van der Waals surface area (Å²) in [5, 5.41) is 5.58. The van der Waals surface area contributed by atoms with Gasteiger partial charge in [0.1, 0.15) is 0 Å². The average molecular weight is 275 g/mol. The number of hydrogen-bond donors (Lipinski definition) is 3. The second-order valence-electron chi connectivity index (χ2n) is 5.24. The van der Waals surface area contributed by atoms with Crippen molar-refractivity contribution in [1.29, 1.82) is 0 Å². The minimum Gasteiger partial charge on any atom is -0.327 e. The van der Waals surface area contributed by atoms with Gasteiger partial charge in [-0.15, -0.1) is 0 Å². The van der Waals surface area contributed by atoms with Gasteiger partial charge in [-0.3, -0.25) is 9.59 Å². The van der Waals surface area contributed by atoms with Gasteiger partial charge in [-0.25, -0.2) is 0 Å². The van der Waals surface area contributed by atoms with Crippen LogP contribution in [0.3, 0.4) is 0 Å². The SMILES string of the molecule is CCC(=O)Nc1cccc(NC(=O)CC(N)C2CC2)c1. The molecule has 5 heteroatoms.